The molecule has 1 aromatic heterocycles. The van der Waals surface area contributed by atoms with E-state index in [1.54, 1.807) is 37.4 Å². The Hall–Kier alpha value is -4.74. The van der Waals surface area contributed by atoms with Crippen molar-refractivity contribution in [2.24, 2.45) is 5.92 Å². The van der Waals surface area contributed by atoms with E-state index < -0.39 is 18.6 Å². The van der Waals surface area contributed by atoms with Crippen molar-refractivity contribution < 1.29 is 37.4 Å². The maximum absolute atomic E-state index is 13.4. The van der Waals surface area contributed by atoms with Crippen LogP contribution in [0.2, 0.25) is 0 Å². The molecule has 5 rings (SSSR count). The summed E-state index contributed by atoms with van der Waals surface area (Å²) in [6.45, 7) is 1.32. The Bertz CT molecular complexity index is 1530. The largest absolute Gasteiger partial charge is 0.489 e. The molecule has 1 saturated carbocycles. The Kier molecular flexibility index (Phi) is 9.80. The molecule has 1 atom stereocenters. The van der Waals surface area contributed by atoms with Crippen LogP contribution in [0.25, 0.3) is 0 Å². The van der Waals surface area contributed by atoms with Crippen LogP contribution in [-0.2, 0) is 20.9 Å². The van der Waals surface area contributed by atoms with Gasteiger partial charge in [0, 0.05) is 51.0 Å². The van der Waals surface area contributed by atoms with Crippen molar-refractivity contribution in [3.63, 3.8) is 0 Å². The summed E-state index contributed by atoms with van der Waals surface area (Å²) in [4.78, 5) is 48.1. The van der Waals surface area contributed by atoms with Gasteiger partial charge in [0.25, 0.3) is 5.91 Å². The predicted molar refractivity (Wildman–Crippen MR) is 163 cm³/mol. The number of anilines is 2. The number of aromatic nitrogens is 1. The number of benzene rings is 2. The van der Waals surface area contributed by atoms with Gasteiger partial charge in [-0.05, 0) is 62.1 Å². The van der Waals surface area contributed by atoms with Gasteiger partial charge in [0.2, 0.25) is 5.91 Å². The summed E-state index contributed by atoms with van der Waals surface area (Å²) >= 11 is 0. The summed E-state index contributed by atoms with van der Waals surface area (Å²) in [5, 5.41) is 0. The van der Waals surface area contributed by atoms with Crippen LogP contribution >= 0.6 is 0 Å². The number of nitrogens with zero attached hydrogens (tertiary/aromatic N) is 4. The number of halogens is 2. The summed E-state index contributed by atoms with van der Waals surface area (Å²) in [6, 6.07) is 16.2. The minimum absolute atomic E-state index is 0.0639. The molecule has 1 aliphatic heterocycles. The van der Waals surface area contributed by atoms with Gasteiger partial charge in [-0.25, -0.2) is 9.78 Å². The van der Waals surface area contributed by atoms with E-state index >= 15 is 0 Å². The number of carbonyl (C=O) groups is 3. The number of carbonyl (C=O) groups excluding carboxylic acids is 3. The fourth-order valence-electron chi connectivity index (χ4n) is 5.07. The molecule has 0 bridgehead atoms. The number of rotatable bonds is 11. The third kappa shape index (κ3) is 8.05. The molecule has 2 heterocycles. The highest BCUT2D eigenvalue weighted by molar-refractivity contribution is 6.04. The highest BCUT2D eigenvalue weighted by Gasteiger charge is 2.36. The lowest BCUT2D eigenvalue weighted by Crippen LogP contribution is -2.58. The fraction of sp³-hybridized carbons (Fsp3) is 0.394. The minimum atomic E-state index is -3.00. The molecule has 0 N–H and O–H groups in total. The number of hydrogen-bond acceptors (Lipinski definition) is 8. The second-order valence-electron chi connectivity index (χ2n) is 11.3. The van der Waals surface area contributed by atoms with Crippen LogP contribution in [0.3, 0.4) is 0 Å². The SMILES string of the molecule is CC(=O)N1CCN(c2ccc(OC(F)F)c(OCC3CC3)c2)CC1C(=O)OCc1cccc(C(=O)N(C)c2ccc(C)cc2)n1. The van der Waals surface area contributed by atoms with Gasteiger partial charge in [-0.15, -0.1) is 0 Å². The lowest BCUT2D eigenvalue weighted by molar-refractivity contribution is -0.156. The molecule has 45 heavy (non-hydrogen) atoms. The third-order valence-corrected chi connectivity index (χ3v) is 7.85. The van der Waals surface area contributed by atoms with Crippen molar-refractivity contribution >= 4 is 29.2 Å². The molecule has 10 nitrogen and oxygen atoms in total. The van der Waals surface area contributed by atoms with Gasteiger partial charge in [0.05, 0.1) is 12.3 Å². The zero-order valence-corrected chi connectivity index (χ0v) is 25.4. The van der Waals surface area contributed by atoms with Crippen molar-refractivity contribution in [2.75, 3.05) is 43.1 Å². The highest BCUT2D eigenvalue weighted by atomic mass is 19.3. The number of hydrogen-bond donors (Lipinski definition) is 0. The fourth-order valence-corrected chi connectivity index (χ4v) is 5.07. The van der Waals surface area contributed by atoms with Crippen LogP contribution in [0.5, 0.6) is 11.5 Å². The Labute approximate surface area is 260 Å². The zero-order valence-electron chi connectivity index (χ0n) is 25.4. The van der Waals surface area contributed by atoms with Gasteiger partial charge in [0.1, 0.15) is 18.3 Å². The van der Waals surface area contributed by atoms with Crippen molar-refractivity contribution in [2.45, 2.75) is 45.9 Å². The first-order valence-electron chi connectivity index (χ1n) is 14.8. The first kappa shape index (κ1) is 31.7. The number of piperazine rings is 1. The molecule has 1 saturated heterocycles. The van der Waals surface area contributed by atoms with E-state index in [0.29, 0.717) is 36.1 Å². The molecule has 12 heteroatoms. The van der Waals surface area contributed by atoms with Gasteiger partial charge < -0.3 is 28.9 Å². The summed E-state index contributed by atoms with van der Waals surface area (Å²) in [6.07, 6.45) is 2.06. The number of pyridine rings is 1. The molecule has 238 valence electrons. The molecule has 2 aromatic carbocycles. The molecule has 2 amide bonds. The number of alkyl halides is 2. The van der Waals surface area contributed by atoms with E-state index in [1.165, 1.54) is 22.8 Å². The Balaban J connectivity index is 1.26. The van der Waals surface area contributed by atoms with E-state index in [1.807, 2.05) is 36.1 Å². The van der Waals surface area contributed by atoms with Crippen molar-refractivity contribution in [3.8, 4) is 11.5 Å². The van der Waals surface area contributed by atoms with Gasteiger partial charge in [0.15, 0.2) is 11.5 Å². The summed E-state index contributed by atoms with van der Waals surface area (Å²) in [5.74, 6) is -0.701. The second-order valence-corrected chi connectivity index (χ2v) is 11.3. The normalized spacial score (nSPS) is 16.4. The van der Waals surface area contributed by atoms with Crippen LogP contribution in [0, 0.1) is 12.8 Å². The quantitative estimate of drug-likeness (QED) is 0.280. The van der Waals surface area contributed by atoms with Crippen LogP contribution in [0.1, 0.15) is 41.5 Å². The van der Waals surface area contributed by atoms with Gasteiger partial charge in [-0.3, -0.25) is 9.59 Å². The maximum atomic E-state index is 13.4. The lowest BCUT2D eigenvalue weighted by atomic mass is 10.1. The van der Waals surface area contributed by atoms with Crippen molar-refractivity contribution in [1.29, 1.82) is 0 Å². The van der Waals surface area contributed by atoms with E-state index in [9.17, 15) is 23.2 Å². The Morgan fingerprint density at radius 1 is 1.02 bits per heavy atom. The van der Waals surface area contributed by atoms with Crippen molar-refractivity contribution in [3.05, 3.63) is 77.6 Å². The smallest absolute Gasteiger partial charge is 0.387 e. The van der Waals surface area contributed by atoms with E-state index in [4.69, 9.17) is 9.47 Å². The number of ether oxygens (including phenoxy) is 3. The molecule has 3 aromatic rings. The van der Waals surface area contributed by atoms with E-state index in [-0.39, 0.29) is 48.7 Å². The minimum Gasteiger partial charge on any atom is -0.489 e. The average molecular weight is 623 g/mol. The first-order chi connectivity index (χ1) is 21.6. The molecule has 0 radical (unpaired) electrons. The number of esters is 1. The van der Waals surface area contributed by atoms with Crippen LogP contribution < -0.4 is 19.3 Å². The van der Waals surface area contributed by atoms with E-state index in [0.717, 1.165) is 18.4 Å². The standard InChI is InChI=1S/C33H36F2N4O6/c1-21-7-11-25(12-8-21)37(3)31(41)27-6-4-5-24(36-27)20-44-32(42)28-18-38(15-16-39(28)22(2)40)26-13-14-29(45-33(34)35)30(17-26)43-19-23-9-10-23/h4-8,11-14,17,23,28,33H,9-10,15-16,18-20H2,1-3H3. The van der Waals surface area contributed by atoms with Gasteiger partial charge in [-0.1, -0.05) is 23.8 Å². The second kappa shape index (κ2) is 13.9. The van der Waals surface area contributed by atoms with Crippen LogP contribution in [0.15, 0.2) is 60.7 Å². The Morgan fingerprint density at radius 3 is 2.47 bits per heavy atom. The number of amides is 2. The average Bonchev–Trinajstić information content (AvgIpc) is 3.87. The summed E-state index contributed by atoms with van der Waals surface area (Å²) < 4.78 is 42.1. The molecule has 2 fully saturated rings. The third-order valence-electron chi connectivity index (χ3n) is 7.85. The summed E-state index contributed by atoms with van der Waals surface area (Å²) in [7, 11) is 1.66. The van der Waals surface area contributed by atoms with Crippen LogP contribution in [-0.4, -0.2) is 73.6 Å². The van der Waals surface area contributed by atoms with Crippen LogP contribution in [0.4, 0.5) is 20.2 Å². The maximum Gasteiger partial charge on any atom is 0.387 e. The first-order valence-corrected chi connectivity index (χ1v) is 14.8. The Morgan fingerprint density at radius 2 is 1.78 bits per heavy atom. The molecular weight excluding hydrogens is 586 g/mol. The van der Waals surface area contributed by atoms with Gasteiger partial charge >= 0.3 is 12.6 Å². The monoisotopic (exact) mass is 622 g/mol. The zero-order chi connectivity index (χ0) is 32.1. The predicted octanol–water partition coefficient (Wildman–Crippen LogP) is 4.84. The molecule has 1 unspecified atom stereocenters. The lowest BCUT2D eigenvalue weighted by Gasteiger charge is -2.40. The van der Waals surface area contributed by atoms with Gasteiger partial charge in [-0.2, -0.15) is 8.78 Å². The molecule has 0 spiro atoms. The van der Waals surface area contributed by atoms with E-state index in [2.05, 4.69) is 9.72 Å². The molecular formula is C33H36F2N4O6. The van der Waals surface area contributed by atoms with Crippen molar-refractivity contribution in [1.82, 2.24) is 9.88 Å². The topological polar surface area (TPSA) is 102 Å². The molecule has 2 aliphatic rings. The highest BCUT2D eigenvalue weighted by Crippen LogP contribution is 2.36. The number of aryl methyl sites for hydroxylation is 1. The molecule has 1 aliphatic carbocycles. The summed E-state index contributed by atoms with van der Waals surface area (Å²) in [5.41, 5.74) is 2.99.